The summed E-state index contributed by atoms with van der Waals surface area (Å²) in [6, 6.07) is 0. The van der Waals surface area contributed by atoms with Gasteiger partial charge in [0.15, 0.2) is 0 Å². The van der Waals surface area contributed by atoms with Crippen molar-refractivity contribution in [2.45, 2.75) is 46.0 Å². The third-order valence-corrected chi connectivity index (χ3v) is 2.79. The van der Waals surface area contributed by atoms with Crippen LogP contribution in [-0.4, -0.2) is 42.0 Å². The smallest absolute Gasteiger partial charge is 0.255 e. The molecule has 17 heavy (non-hydrogen) atoms. The molecule has 0 bridgehead atoms. The van der Waals surface area contributed by atoms with Gasteiger partial charge in [0.25, 0.3) is 6.43 Å². The molecule has 0 saturated carbocycles. The molecule has 1 amide bonds. The Kier molecular flexibility index (Phi) is 8.94. The van der Waals surface area contributed by atoms with E-state index in [-0.39, 0.29) is 25.0 Å². The number of halogens is 2. The molecule has 0 rings (SSSR count). The summed E-state index contributed by atoms with van der Waals surface area (Å²) in [5.74, 6) is -0.449. The topological polar surface area (TPSA) is 40.5 Å². The van der Waals surface area contributed by atoms with Gasteiger partial charge >= 0.3 is 0 Å². The fourth-order valence-electron chi connectivity index (χ4n) is 1.79. The van der Waals surface area contributed by atoms with Gasteiger partial charge in [0.05, 0.1) is 13.2 Å². The van der Waals surface area contributed by atoms with Gasteiger partial charge in [0, 0.05) is 12.5 Å². The van der Waals surface area contributed by atoms with Gasteiger partial charge in [0.2, 0.25) is 5.91 Å². The van der Waals surface area contributed by atoms with Crippen molar-refractivity contribution in [3.63, 3.8) is 0 Å². The summed E-state index contributed by atoms with van der Waals surface area (Å²) in [7, 11) is 0. The molecule has 5 heteroatoms. The third-order valence-electron chi connectivity index (χ3n) is 2.79. The van der Waals surface area contributed by atoms with Crippen LogP contribution in [0.3, 0.4) is 0 Å². The minimum absolute atomic E-state index is 0.00814. The van der Waals surface area contributed by atoms with E-state index in [0.717, 1.165) is 24.2 Å². The Labute approximate surface area is 102 Å². The van der Waals surface area contributed by atoms with Crippen LogP contribution in [0.1, 0.15) is 39.5 Å². The number of carbonyl (C=O) groups is 1. The van der Waals surface area contributed by atoms with E-state index in [0.29, 0.717) is 6.42 Å². The molecule has 0 aliphatic carbocycles. The molecule has 0 aliphatic heterocycles. The van der Waals surface area contributed by atoms with Crippen molar-refractivity contribution in [1.29, 1.82) is 0 Å². The molecule has 1 atom stereocenters. The van der Waals surface area contributed by atoms with Crippen LogP contribution in [0.25, 0.3) is 0 Å². The van der Waals surface area contributed by atoms with Crippen LogP contribution in [0.15, 0.2) is 0 Å². The van der Waals surface area contributed by atoms with Crippen molar-refractivity contribution in [1.82, 2.24) is 4.90 Å². The maximum atomic E-state index is 12.3. The molecular formula is C12H23F2NO2. The van der Waals surface area contributed by atoms with Crippen LogP contribution in [0, 0.1) is 5.92 Å². The lowest BCUT2D eigenvalue weighted by Crippen LogP contribution is -2.40. The first-order valence-electron chi connectivity index (χ1n) is 6.24. The average Bonchev–Trinajstić information content (AvgIpc) is 2.28. The molecule has 0 aromatic rings. The second kappa shape index (κ2) is 9.33. The van der Waals surface area contributed by atoms with Crippen molar-refractivity contribution in [3.05, 3.63) is 0 Å². The molecular weight excluding hydrogens is 228 g/mol. The molecule has 0 aromatic heterocycles. The summed E-state index contributed by atoms with van der Waals surface area (Å²) in [6.07, 6.45) is 0.750. The SMILES string of the molecule is CCCCC(CC)C(=O)N(CCO)CC(F)F. The van der Waals surface area contributed by atoms with Crippen LogP contribution in [-0.2, 0) is 4.79 Å². The van der Waals surface area contributed by atoms with E-state index in [1.807, 2.05) is 13.8 Å². The van der Waals surface area contributed by atoms with E-state index in [9.17, 15) is 13.6 Å². The molecule has 102 valence electrons. The Hall–Kier alpha value is -0.710. The fraction of sp³-hybridized carbons (Fsp3) is 0.917. The van der Waals surface area contributed by atoms with Gasteiger partial charge in [-0.3, -0.25) is 4.79 Å². The number of hydrogen-bond acceptors (Lipinski definition) is 2. The van der Waals surface area contributed by atoms with Crippen LogP contribution in [0.4, 0.5) is 8.78 Å². The second-order valence-electron chi connectivity index (χ2n) is 4.15. The summed E-state index contributed by atoms with van der Waals surface area (Å²) in [6.45, 7) is 3.05. The first-order valence-corrected chi connectivity index (χ1v) is 6.24. The molecule has 3 nitrogen and oxygen atoms in total. The van der Waals surface area contributed by atoms with Gasteiger partial charge in [-0.25, -0.2) is 8.78 Å². The molecule has 1 unspecified atom stereocenters. The average molecular weight is 251 g/mol. The van der Waals surface area contributed by atoms with Gasteiger partial charge < -0.3 is 10.0 Å². The summed E-state index contributed by atoms with van der Waals surface area (Å²) in [5.41, 5.74) is 0. The Balaban J connectivity index is 4.43. The van der Waals surface area contributed by atoms with E-state index in [1.165, 1.54) is 0 Å². The number of aliphatic hydroxyl groups excluding tert-OH is 1. The normalized spacial score (nSPS) is 12.8. The van der Waals surface area contributed by atoms with Gasteiger partial charge in [-0.1, -0.05) is 26.7 Å². The minimum Gasteiger partial charge on any atom is -0.395 e. The molecule has 0 fully saturated rings. The molecule has 0 radical (unpaired) electrons. The number of amides is 1. The number of unbranched alkanes of at least 4 members (excludes halogenated alkanes) is 1. The van der Waals surface area contributed by atoms with Crippen LogP contribution >= 0.6 is 0 Å². The summed E-state index contributed by atoms with van der Waals surface area (Å²) in [5, 5.41) is 8.79. The molecule has 0 aliphatic rings. The van der Waals surface area contributed by atoms with Gasteiger partial charge in [0.1, 0.15) is 0 Å². The number of rotatable bonds is 9. The Morgan fingerprint density at radius 3 is 2.41 bits per heavy atom. The maximum absolute atomic E-state index is 12.3. The zero-order valence-corrected chi connectivity index (χ0v) is 10.7. The lowest BCUT2D eigenvalue weighted by molar-refractivity contribution is -0.138. The summed E-state index contributed by atoms with van der Waals surface area (Å²) < 4.78 is 24.6. The molecule has 1 N–H and O–H groups in total. The standard InChI is InChI=1S/C12H23F2NO2/c1-3-5-6-10(4-2)12(17)15(7-8-16)9-11(13)14/h10-11,16H,3-9H2,1-2H3. The fourth-order valence-corrected chi connectivity index (χ4v) is 1.79. The van der Waals surface area contributed by atoms with Crippen molar-refractivity contribution in [2.24, 2.45) is 5.92 Å². The van der Waals surface area contributed by atoms with E-state index in [4.69, 9.17) is 5.11 Å². The van der Waals surface area contributed by atoms with Gasteiger partial charge in [-0.05, 0) is 12.8 Å². The number of nitrogens with zero attached hydrogens (tertiary/aromatic N) is 1. The molecule has 0 spiro atoms. The number of carbonyl (C=O) groups excluding carboxylic acids is 1. The van der Waals surface area contributed by atoms with Gasteiger partial charge in [-0.15, -0.1) is 0 Å². The number of hydrogen-bond donors (Lipinski definition) is 1. The lowest BCUT2D eigenvalue weighted by atomic mass is 9.97. The van der Waals surface area contributed by atoms with Crippen LogP contribution in [0.5, 0.6) is 0 Å². The summed E-state index contributed by atoms with van der Waals surface area (Å²) in [4.78, 5) is 13.1. The minimum atomic E-state index is -2.55. The maximum Gasteiger partial charge on any atom is 0.255 e. The lowest BCUT2D eigenvalue weighted by Gasteiger charge is -2.26. The van der Waals surface area contributed by atoms with Gasteiger partial charge in [-0.2, -0.15) is 0 Å². The monoisotopic (exact) mass is 251 g/mol. The van der Waals surface area contributed by atoms with E-state index >= 15 is 0 Å². The predicted molar refractivity (Wildman–Crippen MR) is 63.0 cm³/mol. The van der Waals surface area contributed by atoms with Crippen molar-refractivity contribution in [2.75, 3.05) is 19.7 Å². The first kappa shape index (κ1) is 16.3. The van der Waals surface area contributed by atoms with Crippen molar-refractivity contribution in [3.8, 4) is 0 Å². The highest BCUT2D eigenvalue weighted by Gasteiger charge is 2.24. The van der Waals surface area contributed by atoms with Crippen molar-refractivity contribution < 1.29 is 18.7 Å². The zero-order chi connectivity index (χ0) is 13.3. The van der Waals surface area contributed by atoms with Crippen LogP contribution in [0.2, 0.25) is 0 Å². The molecule has 0 heterocycles. The molecule has 0 aromatic carbocycles. The Morgan fingerprint density at radius 2 is 2.00 bits per heavy atom. The second-order valence-corrected chi connectivity index (χ2v) is 4.15. The third kappa shape index (κ3) is 6.56. The largest absolute Gasteiger partial charge is 0.395 e. The molecule has 0 saturated heterocycles. The van der Waals surface area contributed by atoms with E-state index in [1.54, 1.807) is 0 Å². The van der Waals surface area contributed by atoms with E-state index in [2.05, 4.69) is 0 Å². The Morgan fingerprint density at radius 1 is 1.35 bits per heavy atom. The number of alkyl halides is 2. The van der Waals surface area contributed by atoms with E-state index < -0.39 is 13.0 Å². The highest BCUT2D eigenvalue weighted by atomic mass is 19.3. The predicted octanol–water partition coefficient (Wildman–Crippen LogP) is 2.29. The Bertz CT molecular complexity index is 213. The summed E-state index contributed by atoms with van der Waals surface area (Å²) >= 11 is 0. The first-order chi connectivity index (χ1) is 8.06. The quantitative estimate of drug-likeness (QED) is 0.683. The van der Waals surface area contributed by atoms with Crippen LogP contribution < -0.4 is 0 Å². The van der Waals surface area contributed by atoms with Crippen molar-refractivity contribution >= 4 is 5.91 Å². The highest BCUT2D eigenvalue weighted by molar-refractivity contribution is 5.78. The zero-order valence-electron chi connectivity index (χ0n) is 10.7. The highest BCUT2D eigenvalue weighted by Crippen LogP contribution is 2.16. The number of aliphatic hydroxyl groups is 1.